The fraction of sp³-hybridized carbons (Fsp3) is 0.833. The van der Waals surface area contributed by atoms with Crippen LogP contribution in [0.4, 0.5) is 4.79 Å². The molecule has 0 N–H and O–H groups in total. The molecule has 0 aromatic rings. The van der Waals surface area contributed by atoms with Gasteiger partial charge in [-0.2, -0.15) is 5.26 Å². The maximum atomic E-state index is 12.4. The van der Waals surface area contributed by atoms with Gasteiger partial charge in [-0.15, -0.1) is 0 Å². The van der Waals surface area contributed by atoms with Crippen LogP contribution in [-0.2, 0) is 9.53 Å². The number of ether oxygens (including phenoxy) is 1. The van der Waals surface area contributed by atoms with Crippen LogP contribution in [0.1, 0.15) is 66.2 Å². The van der Waals surface area contributed by atoms with E-state index in [9.17, 15) is 14.9 Å². The Labute approximate surface area is 144 Å². The molecule has 6 nitrogen and oxygen atoms in total. The van der Waals surface area contributed by atoms with Crippen LogP contribution in [-0.4, -0.2) is 52.1 Å². The van der Waals surface area contributed by atoms with Crippen LogP contribution in [0.3, 0.4) is 0 Å². The van der Waals surface area contributed by atoms with E-state index < -0.39 is 17.7 Å². The van der Waals surface area contributed by atoms with Gasteiger partial charge in [0.2, 0.25) is 5.91 Å². The summed E-state index contributed by atoms with van der Waals surface area (Å²) < 4.78 is 5.42. The second-order valence-electron chi connectivity index (χ2n) is 7.89. The van der Waals surface area contributed by atoms with Crippen molar-refractivity contribution in [2.24, 2.45) is 0 Å². The molecule has 6 heteroatoms. The summed E-state index contributed by atoms with van der Waals surface area (Å²) in [6.45, 7) is 7.40. The van der Waals surface area contributed by atoms with Crippen LogP contribution in [0.25, 0.3) is 0 Å². The maximum absolute atomic E-state index is 12.4. The molecule has 2 atom stereocenters. The lowest BCUT2D eigenvalue weighted by molar-refractivity contribution is -0.134. The van der Waals surface area contributed by atoms with Gasteiger partial charge < -0.3 is 9.64 Å². The molecule has 1 aliphatic carbocycles. The highest BCUT2D eigenvalue weighted by Gasteiger charge is 2.42. The Morgan fingerprint density at radius 2 is 1.79 bits per heavy atom. The molecule has 2 amide bonds. The zero-order valence-corrected chi connectivity index (χ0v) is 15.2. The molecule has 1 heterocycles. The van der Waals surface area contributed by atoms with Gasteiger partial charge >= 0.3 is 6.09 Å². The highest BCUT2D eigenvalue weighted by atomic mass is 16.6. The van der Waals surface area contributed by atoms with Gasteiger partial charge in [0.1, 0.15) is 11.6 Å². The lowest BCUT2D eigenvalue weighted by Gasteiger charge is -2.38. The first-order chi connectivity index (χ1) is 11.2. The molecule has 0 aromatic heterocycles. The number of rotatable bonds is 2. The Kier molecular flexibility index (Phi) is 5.74. The van der Waals surface area contributed by atoms with Crippen molar-refractivity contribution in [3.63, 3.8) is 0 Å². The Balaban J connectivity index is 2.12. The summed E-state index contributed by atoms with van der Waals surface area (Å²) in [5.74, 6) is 0.0367. The van der Waals surface area contributed by atoms with Crippen LogP contribution in [0.15, 0.2) is 0 Å². The van der Waals surface area contributed by atoms with Crippen molar-refractivity contribution in [3.8, 4) is 6.07 Å². The maximum Gasteiger partial charge on any atom is 0.411 e. The molecular formula is C18H29N3O3. The van der Waals surface area contributed by atoms with Crippen LogP contribution >= 0.6 is 0 Å². The van der Waals surface area contributed by atoms with Crippen LogP contribution < -0.4 is 0 Å². The van der Waals surface area contributed by atoms with Gasteiger partial charge in [0, 0.05) is 25.9 Å². The van der Waals surface area contributed by atoms with Gasteiger partial charge in [-0.05, 0) is 33.6 Å². The van der Waals surface area contributed by atoms with Gasteiger partial charge in [0.25, 0.3) is 0 Å². The third-order valence-electron chi connectivity index (χ3n) is 4.78. The zero-order valence-electron chi connectivity index (χ0n) is 15.2. The predicted molar refractivity (Wildman–Crippen MR) is 90.1 cm³/mol. The third kappa shape index (κ3) is 4.40. The van der Waals surface area contributed by atoms with E-state index in [0.717, 1.165) is 25.7 Å². The monoisotopic (exact) mass is 335 g/mol. The smallest absolute Gasteiger partial charge is 0.411 e. The summed E-state index contributed by atoms with van der Waals surface area (Å²) in [5, 5.41) is 9.43. The molecule has 0 unspecified atom stereocenters. The first kappa shape index (κ1) is 18.6. The summed E-state index contributed by atoms with van der Waals surface area (Å²) in [7, 11) is 0. The molecule has 2 rings (SSSR count). The summed E-state index contributed by atoms with van der Waals surface area (Å²) in [6.07, 6.45) is 5.56. The number of nitrogens with zero attached hydrogens (tertiary/aromatic N) is 3. The van der Waals surface area contributed by atoms with E-state index in [4.69, 9.17) is 4.74 Å². The van der Waals surface area contributed by atoms with Gasteiger partial charge in [-0.25, -0.2) is 4.79 Å². The first-order valence-corrected chi connectivity index (χ1v) is 8.91. The Bertz CT molecular complexity index is 515. The van der Waals surface area contributed by atoms with E-state index in [1.165, 1.54) is 11.3 Å². The SMILES string of the molecule is CC(=O)N(C1CCCCC1)[C@H]1C[C@H](C#N)N(C(=O)OC(C)(C)C)C1. The largest absolute Gasteiger partial charge is 0.444 e. The number of carbonyl (C=O) groups is 2. The average Bonchev–Trinajstić information content (AvgIpc) is 2.90. The fourth-order valence-electron chi connectivity index (χ4n) is 3.83. The van der Waals surface area contributed by atoms with Crippen molar-refractivity contribution < 1.29 is 14.3 Å². The molecule has 0 bridgehead atoms. The summed E-state index contributed by atoms with van der Waals surface area (Å²) in [5.41, 5.74) is -0.598. The molecule has 0 radical (unpaired) electrons. The molecule has 134 valence electrons. The highest BCUT2D eigenvalue weighted by Crippen LogP contribution is 2.30. The zero-order chi connectivity index (χ0) is 17.9. The Morgan fingerprint density at radius 1 is 1.17 bits per heavy atom. The molecule has 0 aromatic carbocycles. The van der Waals surface area contributed by atoms with E-state index >= 15 is 0 Å². The Morgan fingerprint density at radius 3 is 2.29 bits per heavy atom. The van der Waals surface area contributed by atoms with Crippen molar-refractivity contribution >= 4 is 12.0 Å². The molecule has 2 fully saturated rings. The van der Waals surface area contributed by atoms with Gasteiger partial charge in [-0.1, -0.05) is 19.3 Å². The number of nitriles is 1. The summed E-state index contributed by atoms with van der Waals surface area (Å²) in [4.78, 5) is 28.0. The fourth-order valence-corrected chi connectivity index (χ4v) is 3.83. The minimum absolute atomic E-state index is 0.0367. The number of hydrogen-bond acceptors (Lipinski definition) is 4. The summed E-state index contributed by atoms with van der Waals surface area (Å²) in [6, 6.07) is 1.80. The van der Waals surface area contributed by atoms with Crippen molar-refractivity contribution in [1.29, 1.82) is 5.26 Å². The third-order valence-corrected chi connectivity index (χ3v) is 4.78. The van der Waals surface area contributed by atoms with Crippen LogP contribution in [0.5, 0.6) is 0 Å². The van der Waals surface area contributed by atoms with Crippen molar-refractivity contribution in [1.82, 2.24) is 9.80 Å². The van der Waals surface area contributed by atoms with E-state index in [2.05, 4.69) is 6.07 Å². The molecular weight excluding hydrogens is 306 g/mol. The van der Waals surface area contributed by atoms with E-state index in [0.29, 0.717) is 13.0 Å². The summed E-state index contributed by atoms with van der Waals surface area (Å²) >= 11 is 0. The van der Waals surface area contributed by atoms with Crippen molar-refractivity contribution in [2.45, 2.75) is 89.9 Å². The van der Waals surface area contributed by atoms with Crippen molar-refractivity contribution in [2.75, 3.05) is 6.54 Å². The van der Waals surface area contributed by atoms with Gasteiger partial charge in [0.05, 0.1) is 12.1 Å². The standard InChI is InChI=1S/C18H29N3O3/c1-13(22)21(14-8-6-5-7-9-14)16-10-15(11-19)20(12-16)17(23)24-18(2,3)4/h14-16H,5-10,12H2,1-4H3/t15-,16+/m1/s1. The Hall–Kier alpha value is -1.77. The van der Waals surface area contributed by atoms with Gasteiger partial charge in [-0.3, -0.25) is 9.69 Å². The second kappa shape index (κ2) is 7.42. The van der Waals surface area contributed by atoms with Crippen LogP contribution in [0, 0.1) is 11.3 Å². The number of hydrogen-bond donors (Lipinski definition) is 0. The lowest BCUT2D eigenvalue weighted by atomic mass is 9.92. The lowest BCUT2D eigenvalue weighted by Crippen LogP contribution is -2.48. The molecule has 0 spiro atoms. The minimum Gasteiger partial charge on any atom is -0.444 e. The molecule has 2 aliphatic rings. The highest BCUT2D eigenvalue weighted by molar-refractivity contribution is 5.75. The second-order valence-corrected chi connectivity index (χ2v) is 7.89. The van der Waals surface area contributed by atoms with E-state index in [1.807, 2.05) is 25.7 Å². The van der Waals surface area contributed by atoms with E-state index in [-0.39, 0.29) is 18.0 Å². The average molecular weight is 335 g/mol. The van der Waals surface area contributed by atoms with Crippen LogP contribution in [0.2, 0.25) is 0 Å². The quantitative estimate of drug-likeness (QED) is 0.777. The number of amides is 2. The topological polar surface area (TPSA) is 73.6 Å². The van der Waals surface area contributed by atoms with E-state index in [1.54, 1.807) is 6.92 Å². The molecule has 1 aliphatic heterocycles. The first-order valence-electron chi connectivity index (χ1n) is 8.91. The minimum atomic E-state index is -0.598. The van der Waals surface area contributed by atoms with Crippen molar-refractivity contribution in [3.05, 3.63) is 0 Å². The molecule has 24 heavy (non-hydrogen) atoms. The normalized spacial score (nSPS) is 25.2. The number of likely N-dealkylation sites (tertiary alicyclic amines) is 1. The molecule has 1 saturated heterocycles. The molecule has 1 saturated carbocycles. The number of carbonyl (C=O) groups excluding carboxylic acids is 2. The predicted octanol–water partition coefficient (Wildman–Crippen LogP) is 3.07. The van der Waals surface area contributed by atoms with Gasteiger partial charge in [0.15, 0.2) is 0 Å².